The molecule has 0 saturated carbocycles. The highest BCUT2D eigenvalue weighted by Gasteiger charge is 2.15. The van der Waals surface area contributed by atoms with Gasteiger partial charge in [0.2, 0.25) is 0 Å². The van der Waals surface area contributed by atoms with Gasteiger partial charge in [-0.3, -0.25) is 4.68 Å². The van der Waals surface area contributed by atoms with Crippen LogP contribution in [0.2, 0.25) is 0 Å². The number of hydrogen-bond donors (Lipinski definition) is 1. The van der Waals surface area contributed by atoms with Crippen molar-refractivity contribution in [2.75, 3.05) is 12.8 Å². The van der Waals surface area contributed by atoms with Crippen LogP contribution in [0.5, 0.6) is 5.75 Å². The van der Waals surface area contributed by atoms with Crippen molar-refractivity contribution >= 4 is 5.69 Å². The molecule has 1 aromatic heterocycles. The molecular weight excluding hydrogens is 228 g/mol. The first-order valence-electron chi connectivity index (χ1n) is 5.87. The molecule has 0 fully saturated rings. The smallest absolute Gasteiger partial charge is 0.185 e. The lowest BCUT2D eigenvalue weighted by Gasteiger charge is -2.05. The molecule has 0 radical (unpaired) electrons. The number of aryl methyl sites for hydroxylation is 1. The lowest BCUT2D eigenvalue weighted by atomic mass is 10.1. The van der Waals surface area contributed by atoms with Gasteiger partial charge in [0.05, 0.1) is 12.7 Å². The van der Waals surface area contributed by atoms with Crippen LogP contribution in [-0.4, -0.2) is 21.9 Å². The SMILES string of the molecule is COc1ccc(N)cc1-c1nc(C(C)C)n(C)n1. The highest BCUT2D eigenvalue weighted by Crippen LogP contribution is 2.30. The summed E-state index contributed by atoms with van der Waals surface area (Å²) in [4.78, 5) is 4.55. The molecular formula is C13H18N4O. The maximum absolute atomic E-state index is 5.81. The molecule has 0 aliphatic rings. The van der Waals surface area contributed by atoms with Crippen LogP contribution in [0.4, 0.5) is 5.69 Å². The second-order valence-corrected chi connectivity index (χ2v) is 4.53. The van der Waals surface area contributed by atoms with Crippen molar-refractivity contribution in [1.29, 1.82) is 0 Å². The van der Waals surface area contributed by atoms with Crippen LogP contribution >= 0.6 is 0 Å². The van der Waals surface area contributed by atoms with Crippen LogP contribution in [0, 0.1) is 0 Å². The van der Waals surface area contributed by atoms with Gasteiger partial charge in [-0.2, -0.15) is 5.10 Å². The van der Waals surface area contributed by atoms with E-state index in [1.165, 1.54) is 0 Å². The van der Waals surface area contributed by atoms with Gasteiger partial charge >= 0.3 is 0 Å². The molecule has 0 aliphatic carbocycles. The standard InChI is InChI=1S/C13H18N4O/c1-8(2)13-15-12(16-17(13)3)10-7-9(14)5-6-11(10)18-4/h5-8H,14H2,1-4H3. The molecule has 2 aromatic rings. The van der Waals surface area contributed by atoms with Gasteiger partial charge in [-0.05, 0) is 18.2 Å². The number of benzene rings is 1. The summed E-state index contributed by atoms with van der Waals surface area (Å²) in [5.41, 5.74) is 7.30. The minimum Gasteiger partial charge on any atom is -0.496 e. The van der Waals surface area contributed by atoms with Crippen molar-refractivity contribution in [3.05, 3.63) is 24.0 Å². The number of hydrogen-bond acceptors (Lipinski definition) is 4. The molecule has 0 aliphatic heterocycles. The van der Waals surface area contributed by atoms with Gasteiger partial charge in [0, 0.05) is 18.7 Å². The van der Waals surface area contributed by atoms with E-state index >= 15 is 0 Å². The molecule has 5 nitrogen and oxygen atoms in total. The first-order valence-corrected chi connectivity index (χ1v) is 5.87. The Morgan fingerprint density at radius 2 is 2.06 bits per heavy atom. The number of nitrogen functional groups attached to an aromatic ring is 1. The van der Waals surface area contributed by atoms with Gasteiger partial charge in [0.1, 0.15) is 11.6 Å². The van der Waals surface area contributed by atoms with E-state index in [0.717, 1.165) is 17.1 Å². The highest BCUT2D eigenvalue weighted by atomic mass is 16.5. The summed E-state index contributed by atoms with van der Waals surface area (Å²) in [6, 6.07) is 5.46. The zero-order valence-corrected chi connectivity index (χ0v) is 11.1. The van der Waals surface area contributed by atoms with E-state index in [4.69, 9.17) is 10.5 Å². The summed E-state index contributed by atoms with van der Waals surface area (Å²) in [7, 11) is 3.52. The van der Waals surface area contributed by atoms with Crippen LogP contribution in [0.1, 0.15) is 25.6 Å². The minimum atomic E-state index is 0.323. The van der Waals surface area contributed by atoms with Gasteiger partial charge in [-0.25, -0.2) is 4.98 Å². The topological polar surface area (TPSA) is 66.0 Å². The first-order chi connectivity index (χ1) is 8.52. The number of methoxy groups -OCH3 is 1. The first kappa shape index (κ1) is 12.4. The number of nitrogens with two attached hydrogens (primary N) is 1. The summed E-state index contributed by atoms with van der Waals surface area (Å²) in [5, 5.41) is 4.42. The van der Waals surface area contributed by atoms with Crippen molar-refractivity contribution < 1.29 is 4.74 Å². The van der Waals surface area contributed by atoms with Gasteiger partial charge < -0.3 is 10.5 Å². The molecule has 0 amide bonds. The van der Waals surface area contributed by atoms with Gasteiger partial charge in [-0.1, -0.05) is 13.8 Å². The fourth-order valence-electron chi connectivity index (χ4n) is 1.91. The van der Waals surface area contributed by atoms with Crippen LogP contribution in [0.15, 0.2) is 18.2 Å². The number of ether oxygens (including phenoxy) is 1. The molecule has 0 atom stereocenters. The van der Waals surface area contributed by atoms with E-state index in [-0.39, 0.29) is 0 Å². The Labute approximate surface area is 107 Å². The highest BCUT2D eigenvalue weighted by molar-refractivity contribution is 5.68. The third-order valence-corrected chi connectivity index (χ3v) is 2.78. The molecule has 0 spiro atoms. The molecule has 2 rings (SSSR count). The van der Waals surface area contributed by atoms with E-state index in [0.29, 0.717) is 17.4 Å². The Hall–Kier alpha value is -2.04. The summed E-state index contributed by atoms with van der Waals surface area (Å²) < 4.78 is 7.11. The van der Waals surface area contributed by atoms with Crippen molar-refractivity contribution in [2.45, 2.75) is 19.8 Å². The van der Waals surface area contributed by atoms with Crippen LogP contribution in [0.3, 0.4) is 0 Å². The Balaban J connectivity index is 2.54. The fourth-order valence-corrected chi connectivity index (χ4v) is 1.91. The predicted octanol–water partition coefficient (Wildman–Crippen LogP) is 2.20. The zero-order valence-electron chi connectivity index (χ0n) is 11.1. The third-order valence-electron chi connectivity index (χ3n) is 2.78. The Morgan fingerprint density at radius 3 is 2.61 bits per heavy atom. The van der Waals surface area contributed by atoms with Gasteiger partial charge in [0.15, 0.2) is 5.82 Å². The predicted molar refractivity (Wildman–Crippen MR) is 71.5 cm³/mol. The van der Waals surface area contributed by atoms with Crippen molar-refractivity contribution in [2.24, 2.45) is 7.05 Å². The van der Waals surface area contributed by atoms with Gasteiger partial charge in [0.25, 0.3) is 0 Å². The summed E-state index contributed by atoms with van der Waals surface area (Å²) >= 11 is 0. The average molecular weight is 246 g/mol. The van der Waals surface area contributed by atoms with Crippen LogP contribution in [0.25, 0.3) is 11.4 Å². The molecule has 0 unspecified atom stereocenters. The molecule has 0 saturated heterocycles. The van der Waals surface area contributed by atoms with Crippen LogP contribution < -0.4 is 10.5 Å². The van der Waals surface area contributed by atoms with Crippen molar-refractivity contribution in [3.63, 3.8) is 0 Å². The number of nitrogens with zero attached hydrogens (tertiary/aromatic N) is 3. The summed E-state index contributed by atoms with van der Waals surface area (Å²) in [6.45, 7) is 4.18. The second kappa shape index (κ2) is 4.68. The van der Waals surface area contributed by atoms with Crippen molar-refractivity contribution in [1.82, 2.24) is 14.8 Å². The van der Waals surface area contributed by atoms with E-state index in [1.54, 1.807) is 17.9 Å². The Morgan fingerprint density at radius 1 is 1.33 bits per heavy atom. The summed E-state index contributed by atoms with van der Waals surface area (Å²) in [6.07, 6.45) is 0. The van der Waals surface area contributed by atoms with Crippen molar-refractivity contribution in [3.8, 4) is 17.1 Å². The number of aromatic nitrogens is 3. The molecule has 96 valence electrons. The molecule has 1 heterocycles. The Kier molecular flexibility index (Phi) is 3.23. The lowest BCUT2D eigenvalue weighted by molar-refractivity contribution is 0.416. The van der Waals surface area contributed by atoms with Crippen LogP contribution in [-0.2, 0) is 7.05 Å². The average Bonchev–Trinajstić information content (AvgIpc) is 2.71. The maximum Gasteiger partial charge on any atom is 0.185 e. The van der Waals surface area contributed by atoms with E-state index in [9.17, 15) is 0 Å². The molecule has 5 heteroatoms. The monoisotopic (exact) mass is 246 g/mol. The number of anilines is 1. The normalized spacial score (nSPS) is 10.9. The van der Waals surface area contributed by atoms with E-state index in [1.807, 2.05) is 19.2 Å². The quantitative estimate of drug-likeness (QED) is 0.843. The molecule has 0 bridgehead atoms. The van der Waals surface area contributed by atoms with E-state index in [2.05, 4.69) is 23.9 Å². The number of rotatable bonds is 3. The summed E-state index contributed by atoms with van der Waals surface area (Å²) in [5.74, 6) is 2.63. The second-order valence-electron chi connectivity index (χ2n) is 4.53. The zero-order chi connectivity index (χ0) is 13.3. The minimum absolute atomic E-state index is 0.323. The lowest BCUT2D eigenvalue weighted by Crippen LogP contribution is -2.00. The largest absolute Gasteiger partial charge is 0.496 e. The Bertz CT molecular complexity index is 560. The molecule has 1 aromatic carbocycles. The fraction of sp³-hybridized carbons (Fsp3) is 0.385. The van der Waals surface area contributed by atoms with Gasteiger partial charge in [-0.15, -0.1) is 0 Å². The maximum atomic E-state index is 5.81. The van der Waals surface area contributed by atoms with E-state index < -0.39 is 0 Å². The molecule has 2 N–H and O–H groups in total. The third kappa shape index (κ3) is 2.16. The molecule has 18 heavy (non-hydrogen) atoms.